The van der Waals surface area contributed by atoms with Crippen LogP contribution >= 0.6 is 27.7 Å². The molecule has 4 nitrogen and oxygen atoms in total. The number of halogens is 4. The zero-order valence-corrected chi connectivity index (χ0v) is 19.7. The molecule has 1 aromatic heterocycles. The van der Waals surface area contributed by atoms with Crippen LogP contribution in [0.15, 0.2) is 56.7 Å². The van der Waals surface area contributed by atoms with Gasteiger partial charge in [-0.3, -0.25) is 0 Å². The summed E-state index contributed by atoms with van der Waals surface area (Å²) < 4.78 is 68.5. The number of nitrogens with zero attached hydrogens (tertiary/aromatic N) is 2. The highest BCUT2D eigenvalue weighted by Gasteiger charge is 2.32. The van der Waals surface area contributed by atoms with Crippen molar-refractivity contribution in [1.29, 1.82) is 0 Å². The number of alkyl halides is 3. The molecule has 30 heavy (non-hydrogen) atoms. The number of fused-ring (bicyclic) bond motifs is 1. The molecule has 0 spiro atoms. The Labute approximate surface area is 186 Å². The summed E-state index contributed by atoms with van der Waals surface area (Å²) in [5.74, 6) is 0.613. The van der Waals surface area contributed by atoms with Crippen molar-refractivity contribution in [2.24, 2.45) is 0 Å². The highest BCUT2D eigenvalue weighted by atomic mass is 79.9. The van der Waals surface area contributed by atoms with E-state index in [1.807, 2.05) is 19.0 Å². The van der Waals surface area contributed by atoms with E-state index in [-0.39, 0.29) is 15.8 Å². The summed E-state index contributed by atoms with van der Waals surface area (Å²) in [5, 5.41) is 0.284. The average Bonchev–Trinajstić information content (AvgIpc) is 2.93. The number of hydrogen-bond donors (Lipinski definition) is 0. The van der Waals surface area contributed by atoms with Gasteiger partial charge in [-0.25, -0.2) is 12.4 Å². The van der Waals surface area contributed by atoms with Crippen LogP contribution in [0.4, 0.5) is 13.2 Å². The van der Waals surface area contributed by atoms with Crippen molar-refractivity contribution in [1.82, 2.24) is 8.87 Å². The normalized spacial score (nSPS) is 12.8. The lowest BCUT2D eigenvalue weighted by Gasteiger charge is -2.11. The maximum atomic E-state index is 13.4. The molecule has 0 radical (unpaired) electrons. The fourth-order valence-corrected chi connectivity index (χ4v) is 6.24. The summed E-state index contributed by atoms with van der Waals surface area (Å²) in [7, 11) is -0.193. The third kappa shape index (κ3) is 4.56. The van der Waals surface area contributed by atoms with Crippen molar-refractivity contribution in [3.05, 3.63) is 58.2 Å². The van der Waals surface area contributed by atoms with Crippen molar-refractivity contribution in [3.8, 4) is 0 Å². The Kier molecular flexibility index (Phi) is 6.62. The van der Waals surface area contributed by atoms with Gasteiger partial charge in [-0.05, 0) is 63.5 Å². The molecule has 3 aromatic rings. The third-order valence-electron chi connectivity index (χ3n) is 4.56. The van der Waals surface area contributed by atoms with E-state index in [0.29, 0.717) is 22.9 Å². The summed E-state index contributed by atoms with van der Waals surface area (Å²) >= 11 is 4.63. The molecule has 0 unspecified atom stereocenters. The van der Waals surface area contributed by atoms with Crippen LogP contribution in [-0.2, 0) is 16.2 Å². The number of benzene rings is 2. The summed E-state index contributed by atoms with van der Waals surface area (Å²) in [6, 6.07) is 9.35. The van der Waals surface area contributed by atoms with Crippen molar-refractivity contribution in [2.45, 2.75) is 22.9 Å². The standard InChI is InChI=1S/C20H20BrF3N2O2S2/c1-13-19(29-11-10-25(2)3)17-12-14(20(22,23)24)4-9-18(17)26(13)30(27,28)16-7-5-15(21)6-8-16/h4-9,12H,10-11H2,1-3H3. The second-order valence-corrected chi connectivity index (χ2v) is 10.8. The van der Waals surface area contributed by atoms with Crippen LogP contribution in [0, 0.1) is 6.92 Å². The molecule has 0 aliphatic rings. The van der Waals surface area contributed by atoms with Crippen LogP contribution in [0.25, 0.3) is 10.9 Å². The van der Waals surface area contributed by atoms with Crippen LogP contribution in [0.1, 0.15) is 11.3 Å². The molecule has 10 heteroatoms. The highest BCUT2D eigenvalue weighted by molar-refractivity contribution is 9.10. The minimum absolute atomic E-state index is 0.0652. The zero-order chi connectivity index (χ0) is 22.3. The quantitative estimate of drug-likeness (QED) is 0.395. The molecule has 0 N–H and O–H groups in total. The lowest BCUT2D eigenvalue weighted by atomic mass is 10.1. The number of rotatable bonds is 6. The van der Waals surface area contributed by atoms with Crippen molar-refractivity contribution in [2.75, 3.05) is 26.4 Å². The summed E-state index contributed by atoms with van der Waals surface area (Å²) in [4.78, 5) is 2.57. The van der Waals surface area contributed by atoms with Crippen molar-refractivity contribution >= 4 is 48.6 Å². The van der Waals surface area contributed by atoms with Crippen LogP contribution in [0.5, 0.6) is 0 Å². The van der Waals surface area contributed by atoms with E-state index in [1.165, 1.54) is 30.0 Å². The number of aromatic nitrogens is 1. The summed E-state index contributed by atoms with van der Waals surface area (Å²) in [5.41, 5.74) is -0.172. The Hall–Kier alpha value is -1.49. The Morgan fingerprint density at radius 1 is 1.10 bits per heavy atom. The molecule has 162 valence electrons. The van der Waals surface area contributed by atoms with E-state index >= 15 is 0 Å². The summed E-state index contributed by atoms with van der Waals surface area (Å²) in [6.07, 6.45) is -4.51. The Balaban J connectivity index is 2.23. The molecule has 3 rings (SSSR count). The largest absolute Gasteiger partial charge is 0.416 e. The maximum absolute atomic E-state index is 13.4. The molecule has 0 atom stereocenters. The van der Waals surface area contributed by atoms with Gasteiger partial charge in [0.05, 0.1) is 16.0 Å². The van der Waals surface area contributed by atoms with Crippen molar-refractivity contribution < 1.29 is 21.6 Å². The van der Waals surface area contributed by atoms with Gasteiger partial charge in [-0.2, -0.15) is 13.2 Å². The van der Waals surface area contributed by atoms with Gasteiger partial charge in [-0.15, -0.1) is 11.8 Å². The van der Waals surface area contributed by atoms with E-state index in [4.69, 9.17) is 0 Å². The van der Waals surface area contributed by atoms with E-state index in [9.17, 15) is 21.6 Å². The van der Waals surface area contributed by atoms with Crippen LogP contribution in [0.2, 0.25) is 0 Å². The molecule has 0 aliphatic heterocycles. The van der Waals surface area contributed by atoms with E-state index in [2.05, 4.69) is 15.9 Å². The Bertz CT molecular complexity index is 1170. The minimum atomic E-state index is -4.51. The van der Waals surface area contributed by atoms with Crippen LogP contribution in [-0.4, -0.2) is 43.7 Å². The molecule has 2 aromatic carbocycles. The molecule has 0 saturated carbocycles. The number of thioether (sulfide) groups is 1. The number of hydrogen-bond acceptors (Lipinski definition) is 4. The molecule has 1 heterocycles. The van der Waals surface area contributed by atoms with Gasteiger partial charge in [0.25, 0.3) is 10.0 Å². The maximum Gasteiger partial charge on any atom is 0.416 e. The van der Waals surface area contributed by atoms with Crippen LogP contribution in [0.3, 0.4) is 0 Å². The van der Waals surface area contributed by atoms with Gasteiger partial charge in [0, 0.05) is 32.7 Å². The smallest absolute Gasteiger partial charge is 0.309 e. The minimum Gasteiger partial charge on any atom is -0.309 e. The first-order chi connectivity index (χ1) is 13.9. The first kappa shape index (κ1) is 23.2. The topological polar surface area (TPSA) is 42.3 Å². The molecule has 0 amide bonds. The second-order valence-electron chi connectivity index (χ2n) is 7.02. The monoisotopic (exact) mass is 520 g/mol. The van der Waals surface area contributed by atoms with Gasteiger partial charge in [0.1, 0.15) is 0 Å². The predicted octanol–water partition coefficient (Wildman–Crippen LogP) is 5.62. The van der Waals surface area contributed by atoms with Gasteiger partial charge in [0.15, 0.2) is 0 Å². The van der Waals surface area contributed by atoms with Gasteiger partial charge in [0.2, 0.25) is 0 Å². The Morgan fingerprint density at radius 2 is 1.73 bits per heavy atom. The third-order valence-corrected chi connectivity index (χ3v) is 8.10. The molecular formula is C20H20BrF3N2O2S2. The first-order valence-electron chi connectivity index (χ1n) is 8.94. The molecule has 0 fully saturated rings. The fourth-order valence-electron chi connectivity index (χ4n) is 3.07. The van der Waals surface area contributed by atoms with E-state index in [1.54, 1.807) is 19.1 Å². The SMILES string of the molecule is Cc1c(SCCN(C)C)c2cc(C(F)(F)F)ccc2n1S(=O)(=O)c1ccc(Br)cc1. The lowest BCUT2D eigenvalue weighted by Crippen LogP contribution is -2.15. The predicted molar refractivity (Wildman–Crippen MR) is 118 cm³/mol. The fraction of sp³-hybridized carbons (Fsp3) is 0.300. The lowest BCUT2D eigenvalue weighted by molar-refractivity contribution is -0.137. The zero-order valence-electron chi connectivity index (χ0n) is 16.5. The van der Waals surface area contributed by atoms with E-state index < -0.39 is 21.8 Å². The van der Waals surface area contributed by atoms with Crippen molar-refractivity contribution in [3.63, 3.8) is 0 Å². The molecule has 0 bridgehead atoms. The molecule has 0 saturated heterocycles. The highest BCUT2D eigenvalue weighted by Crippen LogP contribution is 2.39. The van der Waals surface area contributed by atoms with E-state index in [0.717, 1.165) is 20.6 Å². The van der Waals surface area contributed by atoms with Gasteiger partial charge in [-0.1, -0.05) is 15.9 Å². The second kappa shape index (κ2) is 8.57. The summed E-state index contributed by atoms with van der Waals surface area (Å²) in [6.45, 7) is 2.33. The van der Waals surface area contributed by atoms with Gasteiger partial charge >= 0.3 is 6.18 Å². The molecular weight excluding hydrogens is 501 g/mol. The van der Waals surface area contributed by atoms with Crippen LogP contribution < -0.4 is 0 Å². The first-order valence-corrected chi connectivity index (χ1v) is 12.2. The Morgan fingerprint density at radius 3 is 2.30 bits per heavy atom. The molecule has 0 aliphatic carbocycles. The van der Waals surface area contributed by atoms with Gasteiger partial charge < -0.3 is 4.90 Å². The average molecular weight is 521 g/mol.